The fourth-order valence-corrected chi connectivity index (χ4v) is 2.85. The normalized spacial score (nSPS) is 10.8. The molecule has 3 rings (SSSR count). The average Bonchev–Trinajstić information content (AvgIpc) is 3.31. The van der Waals surface area contributed by atoms with Gasteiger partial charge in [-0.1, -0.05) is 0 Å². The Kier molecular flexibility index (Phi) is 5.45. The standard InChI is InChI=1S/C17H19BrN6O3/c1-10-15(18)11(2)24(21-10)9-14(25)20-13-8-23(3)22-16(13)17(26)19-7-12-5-4-6-27-12/h4-6,8H,7,9H2,1-3H3,(H,19,26)(H,20,25). The van der Waals surface area contributed by atoms with E-state index in [9.17, 15) is 9.59 Å². The summed E-state index contributed by atoms with van der Waals surface area (Å²) in [6, 6.07) is 3.50. The van der Waals surface area contributed by atoms with Gasteiger partial charge in [0.2, 0.25) is 5.91 Å². The van der Waals surface area contributed by atoms with E-state index >= 15 is 0 Å². The largest absolute Gasteiger partial charge is 0.467 e. The number of rotatable bonds is 6. The first-order valence-corrected chi connectivity index (χ1v) is 8.98. The third-order valence-electron chi connectivity index (χ3n) is 3.91. The van der Waals surface area contributed by atoms with Gasteiger partial charge in [-0.05, 0) is 41.9 Å². The van der Waals surface area contributed by atoms with E-state index in [-0.39, 0.29) is 24.7 Å². The average molecular weight is 435 g/mol. The predicted octanol–water partition coefficient (Wildman–Crippen LogP) is 2.16. The molecule has 0 atom stereocenters. The van der Waals surface area contributed by atoms with E-state index in [0.29, 0.717) is 11.4 Å². The topological polar surface area (TPSA) is 107 Å². The van der Waals surface area contributed by atoms with Crippen LogP contribution in [0.15, 0.2) is 33.5 Å². The number of aryl methyl sites for hydroxylation is 2. The number of furan rings is 1. The second-order valence-electron chi connectivity index (χ2n) is 6.02. The Balaban J connectivity index is 1.68. The zero-order valence-electron chi connectivity index (χ0n) is 15.1. The molecule has 0 fully saturated rings. The van der Waals surface area contributed by atoms with Crippen molar-refractivity contribution in [3.05, 3.63) is 51.9 Å². The number of anilines is 1. The fourth-order valence-electron chi connectivity index (χ4n) is 2.57. The second kappa shape index (κ2) is 7.78. The molecule has 0 aliphatic rings. The van der Waals surface area contributed by atoms with Gasteiger partial charge in [0.05, 0.1) is 34.4 Å². The van der Waals surface area contributed by atoms with Crippen molar-refractivity contribution in [1.82, 2.24) is 24.9 Å². The van der Waals surface area contributed by atoms with Gasteiger partial charge in [-0.15, -0.1) is 0 Å². The Bertz CT molecular complexity index is 973. The van der Waals surface area contributed by atoms with Gasteiger partial charge >= 0.3 is 0 Å². The molecule has 3 aromatic heterocycles. The molecule has 3 aromatic rings. The number of hydrogen-bond donors (Lipinski definition) is 2. The number of carbonyl (C=O) groups is 2. The van der Waals surface area contributed by atoms with Gasteiger partial charge in [-0.25, -0.2) is 0 Å². The Morgan fingerprint density at radius 3 is 2.70 bits per heavy atom. The molecule has 0 unspecified atom stereocenters. The quantitative estimate of drug-likeness (QED) is 0.617. The van der Waals surface area contributed by atoms with E-state index in [2.05, 4.69) is 36.8 Å². The van der Waals surface area contributed by atoms with Gasteiger partial charge in [-0.2, -0.15) is 10.2 Å². The van der Waals surface area contributed by atoms with Crippen LogP contribution in [-0.4, -0.2) is 31.4 Å². The van der Waals surface area contributed by atoms with Crippen LogP contribution in [-0.2, 0) is 24.9 Å². The monoisotopic (exact) mass is 434 g/mol. The van der Waals surface area contributed by atoms with Crippen molar-refractivity contribution in [1.29, 1.82) is 0 Å². The van der Waals surface area contributed by atoms with E-state index in [1.807, 2.05) is 13.8 Å². The van der Waals surface area contributed by atoms with Crippen LogP contribution in [0.3, 0.4) is 0 Å². The molecule has 0 saturated carbocycles. The maximum atomic E-state index is 12.4. The third kappa shape index (κ3) is 4.27. The minimum atomic E-state index is -0.406. The third-order valence-corrected chi connectivity index (χ3v) is 5.06. The van der Waals surface area contributed by atoms with Crippen molar-refractivity contribution in [3.63, 3.8) is 0 Å². The van der Waals surface area contributed by atoms with Crippen LogP contribution in [0.1, 0.15) is 27.6 Å². The summed E-state index contributed by atoms with van der Waals surface area (Å²) in [5, 5.41) is 13.9. The Labute approximate surface area is 163 Å². The highest BCUT2D eigenvalue weighted by molar-refractivity contribution is 9.10. The predicted molar refractivity (Wildman–Crippen MR) is 101 cm³/mol. The number of nitrogens with zero attached hydrogens (tertiary/aromatic N) is 4. The number of halogens is 1. The number of amides is 2. The lowest BCUT2D eigenvalue weighted by Gasteiger charge is -2.07. The van der Waals surface area contributed by atoms with E-state index in [1.165, 1.54) is 10.9 Å². The van der Waals surface area contributed by atoms with E-state index in [0.717, 1.165) is 15.9 Å². The lowest BCUT2D eigenvalue weighted by atomic mass is 10.3. The lowest BCUT2D eigenvalue weighted by molar-refractivity contribution is -0.116. The molecule has 3 heterocycles. The maximum Gasteiger partial charge on any atom is 0.274 e. The summed E-state index contributed by atoms with van der Waals surface area (Å²) in [6.07, 6.45) is 3.11. The zero-order valence-corrected chi connectivity index (χ0v) is 16.7. The van der Waals surface area contributed by atoms with Crippen LogP contribution in [0.25, 0.3) is 0 Å². The lowest BCUT2D eigenvalue weighted by Crippen LogP contribution is -2.26. The fraction of sp³-hybridized carbons (Fsp3) is 0.294. The highest BCUT2D eigenvalue weighted by Gasteiger charge is 2.19. The molecule has 0 spiro atoms. The molecular formula is C17H19BrN6O3. The van der Waals surface area contributed by atoms with Gasteiger partial charge in [0.15, 0.2) is 5.69 Å². The van der Waals surface area contributed by atoms with Crippen molar-refractivity contribution < 1.29 is 14.0 Å². The van der Waals surface area contributed by atoms with Crippen LogP contribution in [0.5, 0.6) is 0 Å². The highest BCUT2D eigenvalue weighted by atomic mass is 79.9. The molecule has 27 heavy (non-hydrogen) atoms. The molecule has 2 amide bonds. The minimum absolute atomic E-state index is 0.0284. The number of hydrogen-bond acceptors (Lipinski definition) is 5. The molecule has 0 radical (unpaired) electrons. The first kappa shape index (κ1) is 18.9. The van der Waals surface area contributed by atoms with E-state index in [4.69, 9.17) is 4.42 Å². The van der Waals surface area contributed by atoms with Crippen LogP contribution < -0.4 is 10.6 Å². The van der Waals surface area contributed by atoms with E-state index < -0.39 is 5.91 Å². The van der Waals surface area contributed by atoms with Crippen molar-refractivity contribution in [3.8, 4) is 0 Å². The van der Waals surface area contributed by atoms with E-state index in [1.54, 1.807) is 30.1 Å². The first-order valence-electron chi connectivity index (χ1n) is 8.18. The molecule has 2 N–H and O–H groups in total. The summed E-state index contributed by atoms with van der Waals surface area (Å²) < 4.78 is 9.12. The van der Waals surface area contributed by atoms with Gasteiger partial charge in [0, 0.05) is 13.2 Å². The van der Waals surface area contributed by atoms with Crippen LogP contribution in [0, 0.1) is 13.8 Å². The minimum Gasteiger partial charge on any atom is -0.467 e. The smallest absolute Gasteiger partial charge is 0.274 e. The molecular weight excluding hydrogens is 416 g/mol. The molecule has 0 bridgehead atoms. The summed E-state index contributed by atoms with van der Waals surface area (Å²) >= 11 is 3.44. The second-order valence-corrected chi connectivity index (χ2v) is 6.81. The van der Waals surface area contributed by atoms with Crippen LogP contribution >= 0.6 is 15.9 Å². The SMILES string of the molecule is Cc1nn(CC(=O)Nc2cn(C)nc2C(=O)NCc2ccco2)c(C)c1Br. The Hall–Kier alpha value is -2.88. The van der Waals surface area contributed by atoms with Gasteiger partial charge < -0.3 is 15.1 Å². The molecule has 0 saturated heterocycles. The summed E-state index contributed by atoms with van der Waals surface area (Å²) in [7, 11) is 1.68. The Morgan fingerprint density at radius 2 is 2.07 bits per heavy atom. The first-order chi connectivity index (χ1) is 12.8. The van der Waals surface area contributed by atoms with Crippen molar-refractivity contribution >= 4 is 33.4 Å². The zero-order chi connectivity index (χ0) is 19.6. The van der Waals surface area contributed by atoms with Gasteiger partial charge in [0.1, 0.15) is 12.3 Å². The molecule has 9 nitrogen and oxygen atoms in total. The number of nitrogens with one attached hydrogen (secondary N) is 2. The number of aromatic nitrogens is 4. The summed E-state index contributed by atoms with van der Waals surface area (Å²) in [5.74, 6) is -0.0858. The Morgan fingerprint density at radius 1 is 1.30 bits per heavy atom. The number of carbonyl (C=O) groups excluding carboxylic acids is 2. The van der Waals surface area contributed by atoms with Crippen molar-refractivity contribution in [2.24, 2.45) is 7.05 Å². The van der Waals surface area contributed by atoms with Crippen molar-refractivity contribution in [2.45, 2.75) is 26.9 Å². The summed E-state index contributed by atoms with van der Waals surface area (Å²) in [4.78, 5) is 24.8. The maximum absolute atomic E-state index is 12.4. The molecule has 0 aliphatic heterocycles. The molecule has 142 valence electrons. The van der Waals surface area contributed by atoms with Crippen LogP contribution in [0.2, 0.25) is 0 Å². The molecule has 0 aromatic carbocycles. The summed E-state index contributed by atoms with van der Waals surface area (Å²) in [6.45, 7) is 3.99. The van der Waals surface area contributed by atoms with Gasteiger partial charge in [-0.3, -0.25) is 19.0 Å². The van der Waals surface area contributed by atoms with Crippen molar-refractivity contribution in [2.75, 3.05) is 5.32 Å². The summed E-state index contributed by atoms with van der Waals surface area (Å²) in [5.41, 5.74) is 2.12. The molecule has 0 aliphatic carbocycles. The van der Waals surface area contributed by atoms with Crippen LogP contribution in [0.4, 0.5) is 5.69 Å². The molecule has 10 heteroatoms. The van der Waals surface area contributed by atoms with Gasteiger partial charge in [0.25, 0.3) is 5.91 Å². The highest BCUT2D eigenvalue weighted by Crippen LogP contribution is 2.20.